The van der Waals surface area contributed by atoms with Gasteiger partial charge in [-0.2, -0.15) is 0 Å². The van der Waals surface area contributed by atoms with Gasteiger partial charge in [0.1, 0.15) is 0 Å². The molecule has 0 aromatic heterocycles. The monoisotopic (exact) mass is 202 g/mol. The van der Waals surface area contributed by atoms with Gasteiger partial charge in [0.15, 0.2) is 0 Å². The molecule has 0 heterocycles. The largest absolute Gasteiger partial charge is 0.481 e. The molecule has 0 bridgehead atoms. The van der Waals surface area contributed by atoms with Crippen LogP contribution < -0.4 is 0 Å². The van der Waals surface area contributed by atoms with Crippen LogP contribution in [0.2, 0.25) is 0 Å². The van der Waals surface area contributed by atoms with Crippen molar-refractivity contribution in [1.29, 1.82) is 0 Å². The number of carboxylic acids is 1. The molecule has 0 fully saturated rings. The van der Waals surface area contributed by atoms with Crippen molar-refractivity contribution in [1.82, 2.24) is 0 Å². The first kappa shape index (κ1) is 12.9. The van der Waals surface area contributed by atoms with E-state index in [1.807, 2.05) is 6.92 Å². The molecular weight excluding hydrogens is 184 g/mol. The standard InChI is InChI=1S/C10H18O4/c1-3-5-6-8(7-9(11)12)10(13)14-4-2/h8H,3-7H2,1-2H3,(H,11,12). The third-order valence-corrected chi connectivity index (χ3v) is 1.95. The minimum atomic E-state index is -0.945. The number of unbranched alkanes of at least 4 members (excludes halogenated alkanes) is 1. The first-order valence-corrected chi connectivity index (χ1v) is 5.00. The summed E-state index contributed by atoms with van der Waals surface area (Å²) in [6.45, 7) is 4.03. The Kier molecular flexibility index (Phi) is 6.80. The van der Waals surface area contributed by atoms with Crippen molar-refractivity contribution in [3.63, 3.8) is 0 Å². The highest BCUT2D eigenvalue weighted by molar-refractivity contribution is 5.78. The van der Waals surface area contributed by atoms with Crippen molar-refractivity contribution in [2.24, 2.45) is 5.92 Å². The summed E-state index contributed by atoms with van der Waals surface area (Å²) in [5, 5.41) is 8.59. The highest BCUT2D eigenvalue weighted by Crippen LogP contribution is 2.14. The van der Waals surface area contributed by atoms with E-state index in [2.05, 4.69) is 0 Å². The Morgan fingerprint density at radius 3 is 2.43 bits per heavy atom. The zero-order valence-corrected chi connectivity index (χ0v) is 8.78. The molecule has 4 nitrogen and oxygen atoms in total. The Labute approximate surface area is 84.3 Å². The molecular formula is C10H18O4. The number of carboxylic acid groups (broad SMARTS) is 1. The number of hydrogen-bond donors (Lipinski definition) is 1. The van der Waals surface area contributed by atoms with E-state index in [1.165, 1.54) is 0 Å². The van der Waals surface area contributed by atoms with Crippen LogP contribution in [0.15, 0.2) is 0 Å². The van der Waals surface area contributed by atoms with Gasteiger partial charge in [-0.25, -0.2) is 0 Å². The van der Waals surface area contributed by atoms with E-state index in [1.54, 1.807) is 6.92 Å². The summed E-state index contributed by atoms with van der Waals surface area (Å²) < 4.78 is 4.80. The Morgan fingerprint density at radius 2 is 2.00 bits per heavy atom. The van der Waals surface area contributed by atoms with Crippen LogP contribution in [-0.4, -0.2) is 23.7 Å². The third kappa shape index (κ3) is 5.56. The number of esters is 1. The molecule has 0 aromatic carbocycles. The number of rotatable bonds is 7. The summed E-state index contributed by atoms with van der Waals surface area (Å²) in [7, 11) is 0. The molecule has 0 amide bonds. The molecule has 0 saturated heterocycles. The maximum atomic E-state index is 11.3. The maximum absolute atomic E-state index is 11.3. The van der Waals surface area contributed by atoms with E-state index in [4.69, 9.17) is 9.84 Å². The molecule has 1 N–H and O–H groups in total. The summed E-state index contributed by atoms with van der Waals surface area (Å²) in [6, 6.07) is 0. The smallest absolute Gasteiger partial charge is 0.309 e. The summed E-state index contributed by atoms with van der Waals surface area (Å²) in [4.78, 5) is 21.8. The molecule has 0 saturated carbocycles. The highest BCUT2D eigenvalue weighted by Gasteiger charge is 2.21. The molecule has 0 radical (unpaired) electrons. The number of hydrogen-bond acceptors (Lipinski definition) is 3. The second kappa shape index (κ2) is 7.35. The lowest BCUT2D eigenvalue weighted by atomic mass is 9.99. The Hall–Kier alpha value is -1.06. The summed E-state index contributed by atoms with van der Waals surface area (Å²) in [5.74, 6) is -1.81. The molecule has 0 aliphatic heterocycles. The first-order chi connectivity index (χ1) is 6.61. The van der Waals surface area contributed by atoms with Gasteiger partial charge in [-0.15, -0.1) is 0 Å². The van der Waals surface area contributed by atoms with E-state index in [0.29, 0.717) is 13.0 Å². The maximum Gasteiger partial charge on any atom is 0.309 e. The number of carbonyl (C=O) groups is 2. The van der Waals surface area contributed by atoms with Gasteiger partial charge in [0.25, 0.3) is 0 Å². The molecule has 82 valence electrons. The van der Waals surface area contributed by atoms with Gasteiger partial charge in [-0.3, -0.25) is 9.59 Å². The average molecular weight is 202 g/mol. The molecule has 14 heavy (non-hydrogen) atoms. The van der Waals surface area contributed by atoms with Gasteiger partial charge in [0.05, 0.1) is 18.9 Å². The van der Waals surface area contributed by atoms with E-state index in [-0.39, 0.29) is 12.4 Å². The molecule has 0 aliphatic rings. The summed E-state index contributed by atoms with van der Waals surface area (Å²) in [6.07, 6.45) is 2.28. The van der Waals surface area contributed by atoms with Crippen molar-refractivity contribution in [2.75, 3.05) is 6.61 Å². The van der Waals surface area contributed by atoms with E-state index in [0.717, 1.165) is 12.8 Å². The molecule has 0 rings (SSSR count). The van der Waals surface area contributed by atoms with Gasteiger partial charge >= 0.3 is 11.9 Å². The van der Waals surface area contributed by atoms with Crippen molar-refractivity contribution >= 4 is 11.9 Å². The molecule has 1 atom stereocenters. The minimum absolute atomic E-state index is 0.126. The van der Waals surface area contributed by atoms with Crippen molar-refractivity contribution < 1.29 is 19.4 Å². The van der Waals surface area contributed by atoms with Crippen LogP contribution in [0.1, 0.15) is 39.5 Å². The number of ether oxygens (including phenoxy) is 1. The van der Waals surface area contributed by atoms with Crippen LogP contribution in [0.4, 0.5) is 0 Å². The summed E-state index contributed by atoms with van der Waals surface area (Å²) in [5.41, 5.74) is 0. The quantitative estimate of drug-likeness (QED) is 0.640. The van der Waals surface area contributed by atoms with Crippen LogP contribution in [0.25, 0.3) is 0 Å². The molecule has 0 aromatic rings. The SMILES string of the molecule is CCCCC(CC(=O)O)C(=O)OCC. The normalized spacial score (nSPS) is 12.1. The van der Waals surface area contributed by atoms with Gasteiger partial charge in [0, 0.05) is 0 Å². The van der Waals surface area contributed by atoms with Crippen LogP contribution in [-0.2, 0) is 14.3 Å². The average Bonchev–Trinajstić information content (AvgIpc) is 2.12. The molecule has 0 spiro atoms. The van der Waals surface area contributed by atoms with E-state index in [9.17, 15) is 9.59 Å². The zero-order chi connectivity index (χ0) is 11.0. The fourth-order valence-electron chi connectivity index (χ4n) is 1.22. The zero-order valence-electron chi connectivity index (χ0n) is 8.78. The fourth-order valence-corrected chi connectivity index (χ4v) is 1.22. The van der Waals surface area contributed by atoms with Crippen LogP contribution in [0.3, 0.4) is 0 Å². The third-order valence-electron chi connectivity index (χ3n) is 1.95. The molecule has 0 aliphatic carbocycles. The number of carbonyl (C=O) groups excluding carboxylic acids is 1. The second-order valence-electron chi connectivity index (χ2n) is 3.19. The van der Waals surface area contributed by atoms with E-state index >= 15 is 0 Å². The van der Waals surface area contributed by atoms with Gasteiger partial charge < -0.3 is 9.84 Å². The molecule has 1 unspecified atom stereocenters. The van der Waals surface area contributed by atoms with Crippen LogP contribution >= 0.6 is 0 Å². The highest BCUT2D eigenvalue weighted by atomic mass is 16.5. The molecule has 4 heteroatoms. The van der Waals surface area contributed by atoms with Gasteiger partial charge in [-0.05, 0) is 13.3 Å². The predicted molar refractivity (Wildman–Crippen MR) is 51.9 cm³/mol. The lowest BCUT2D eigenvalue weighted by Gasteiger charge is -2.12. The Bertz CT molecular complexity index is 189. The van der Waals surface area contributed by atoms with Crippen LogP contribution in [0, 0.1) is 5.92 Å². The Morgan fingerprint density at radius 1 is 1.36 bits per heavy atom. The first-order valence-electron chi connectivity index (χ1n) is 5.00. The van der Waals surface area contributed by atoms with Crippen molar-refractivity contribution in [3.05, 3.63) is 0 Å². The van der Waals surface area contributed by atoms with Crippen molar-refractivity contribution in [2.45, 2.75) is 39.5 Å². The van der Waals surface area contributed by atoms with Gasteiger partial charge in [-0.1, -0.05) is 19.8 Å². The lowest BCUT2D eigenvalue weighted by molar-refractivity contribution is -0.153. The number of aliphatic carboxylic acids is 1. The minimum Gasteiger partial charge on any atom is -0.481 e. The topological polar surface area (TPSA) is 63.6 Å². The fraction of sp³-hybridized carbons (Fsp3) is 0.800. The van der Waals surface area contributed by atoms with E-state index < -0.39 is 11.9 Å². The van der Waals surface area contributed by atoms with Crippen molar-refractivity contribution in [3.8, 4) is 0 Å². The summed E-state index contributed by atoms with van der Waals surface area (Å²) >= 11 is 0. The second-order valence-corrected chi connectivity index (χ2v) is 3.19. The predicted octanol–water partition coefficient (Wildman–Crippen LogP) is 1.83. The Balaban J connectivity index is 4.08. The lowest BCUT2D eigenvalue weighted by Crippen LogP contribution is -2.21. The van der Waals surface area contributed by atoms with Gasteiger partial charge in [0.2, 0.25) is 0 Å². The van der Waals surface area contributed by atoms with Crippen LogP contribution in [0.5, 0.6) is 0 Å².